The monoisotopic (exact) mass is 461 g/mol. The van der Waals surface area contributed by atoms with Crippen molar-refractivity contribution in [3.8, 4) is 0 Å². The molecule has 1 aliphatic heterocycles. The number of aryl methyl sites for hydroxylation is 1. The highest BCUT2D eigenvalue weighted by Crippen LogP contribution is 2.52. The third kappa shape index (κ3) is 4.46. The van der Waals surface area contributed by atoms with E-state index in [1.807, 2.05) is 19.2 Å². The van der Waals surface area contributed by atoms with Crippen LogP contribution in [0.15, 0.2) is 35.4 Å². The Bertz CT molecular complexity index is 1130. The Labute approximate surface area is 203 Å². The Balaban J connectivity index is 1.57. The number of carbonyl (C=O) groups is 1. The van der Waals surface area contributed by atoms with Gasteiger partial charge in [0.25, 0.3) is 5.91 Å². The predicted molar refractivity (Wildman–Crippen MR) is 135 cm³/mol. The Morgan fingerprint density at radius 1 is 1.18 bits per heavy atom. The van der Waals surface area contributed by atoms with Gasteiger partial charge in [0.2, 0.25) is 0 Å². The SMILES string of the molecule is Cc1cc(=O)c(C(=O)N2CC3(C)CC2CC(C)(C)C3)c(CC2CCCC2)n1Cc1cccnc1. The fourth-order valence-electron chi connectivity index (χ4n) is 7.49. The lowest BCUT2D eigenvalue weighted by atomic mass is 9.65. The largest absolute Gasteiger partial charge is 0.343 e. The molecule has 0 N–H and O–H groups in total. The van der Waals surface area contributed by atoms with Gasteiger partial charge in [0.05, 0.1) is 0 Å². The third-order valence-corrected chi connectivity index (χ3v) is 8.54. The number of rotatable bonds is 5. The van der Waals surface area contributed by atoms with Crippen LogP contribution >= 0.6 is 0 Å². The van der Waals surface area contributed by atoms with Crippen molar-refractivity contribution in [1.82, 2.24) is 14.5 Å². The minimum atomic E-state index is -0.108. The minimum Gasteiger partial charge on any atom is -0.343 e. The van der Waals surface area contributed by atoms with Crippen molar-refractivity contribution < 1.29 is 4.79 Å². The first kappa shape index (κ1) is 23.3. The van der Waals surface area contributed by atoms with Gasteiger partial charge in [-0.3, -0.25) is 14.6 Å². The predicted octanol–water partition coefficient (Wildman–Crippen LogP) is 5.37. The molecule has 182 valence electrons. The normalized spacial score (nSPS) is 26.2. The van der Waals surface area contributed by atoms with Crippen molar-refractivity contribution in [1.29, 1.82) is 0 Å². The first-order valence-corrected chi connectivity index (χ1v) is 13.1. The molecule has 34 heavy (non-hydrogen) atoms. The summed E-state index contributed by atoms with van der Waals surface area (Å²) in [4.78, 5) is 34.0. The lowest BCUT2D eigenvalue weighted by Gasteiger charge is -2.39. The molecule has 2 atom stereocenters. The molecule has 3 fully saturated rings. The standard InChI is InChI=1S/C29H39N3O2/c1-20-12-25(33)26(27(34)32-19-29(4)15-23(32)14-28(2,3)18-29)24(13-21-8-5-6-9-21)31(20)17-22-10-7-11-30-16-22/h7,10-12,16,21,23H,5-6,8-9,13-15,17-19H2,1-4H3. The molecular formula is C29H39N3O2. The van der Waals surface area contributed by atoms with Crippen molar-refractivity contribution in [2.24, 2.45) is 16.7 Å². The topological polar surface area (TPSA) is 55.2 Å². The van der Waals surface area contributed by atoms with Gasteiger partial charge in [-0.25, -0.2) is 0 Å². The van der Waals surface area contributed by atoms with Crippen LogP contribution in [0.3, 0.4) is 0 Å². The van der Waals surface area contributed by atoms with Gasteiger partial charge in [-0.1, -0.05) is 52.5 Å². The Morgan fingerprint density at radius 3 is 2.65 bits per heavy atom. The Hall–Kier alpha value is -2.43. The van der Waals surface area contributed by atoms with Gasteiger partial charge in [-0.2, -0.15) is 0 Å². The summed E-state index contributed by atoms with van der Waals surface area (Å²) < 4.78 is 2.22. The highest BCUT2D eigenvalue weighted by atomic mass is 16.2. The second-order valence-corrected chi connectivity index (χ2v) is 12.4. The molecule has 5 heteroatoms. The fourth-order valence-corrected chi connectivity index (χ4v) is 7.49. The van der Waals surface area contributed by atoms with E-state index in [9.17, 15) is 9.59 Å². The summed E-state index contributed by atoms with van der Waals surface area (Å²) in [7, 11) is 0. The zero-order chi connectivity index (χ0) is 24.1. The number of amides is 1. The third-order valence-electron chi connectivity index (χ3n) is 8.54. The second-order valence-electron chi connectivity index (χ2n) is 12.4. The van der Waals surface area contributed by atoms with Crippen molar-refractivity contribution in [2.75, 3.05) is 6.54 Å². The number of likely N-dealkylation sites (tertiary alicyclic amines) is 1. The average Bonchev–Trinajstić information content (AvgIpc) is 3.35. The van der Waals surface area contributed by atoms with E-state index in [0.717, 1.165) is 49.2 Å². The molecule has 2 bridgehead atoms. The zero-order valence-electron chi connectivity index (χ0n) is 21.3. The second kappa shape index (κ2) is 8.66. The molecule has 2 unspecified atom stereocenters. The molecule has 2 aromatic rings. The molecule has 1 saturated heterocycles. The number of fused-ring (bicyclic) bond motifs is 2. The lowest BCUT2D eigenvalue weighted by molar-refractivity contribution is 0.0704. The number of hydrogen-bond donors (Lipinski definition) is 0. The van der Waals surface area contributed by atoms with Crippen molar-refractivity contribution >= 4 is 5.91 Å². The molecule has 2 saturated carbocycles. The molecule has 0 radical (unpaired) electrons. The molecule has 3 heterocycles. The molecule has 5 rings (SSSR count). The Kier molecular flexibility index (Phi) is 5.94. The molecule has 3 aliphatic rings. The van der Waals surface area contributed by atoms with Crippen LogP contribution in [0.5, 0.6) is 0 Å². The van der Waals surface area contributed by atoms with Gasteiger partial charge in [0.15, 0.2) is 5.43 Å². The summed E-state index contributed by atoms with van der Waals surface area (Å²) in [5, 5.41) is 0. The number of carbonyl (C=O) groups excluding carboxylic acids is 1. The van der Waals surface area contributed by atoms with Crippen LogP contribution in [-0.2, 0) is 13.0 Å². The van der Waals surface area contributed by atoms with Crippen molar-refractivity contribution in [3.05, 3.63) is 63.3 Å². The zero-order valence-corrected chi connectivity index (χ0v) is 21.3. The molecule has 1 amide bonds. The van der Waals surface area contributed by atoms with E-state index in [0.29, 0.717) is 18.0 Å². The van der Waals surface area contributed by atoms with Crippen LogP contribution in [0.2, 0.25) is 0 Å². The lowest BCUT2D eigenvalue weighted by Crippen LogP contribution is -2.41. The summed E-state index contributed by atoms with van der Waals surface area (Å²) in [6.07, 6.45) is 12.5. The first-order valence-electron chi connectivity index (χ1n) is 13.1. The quantitative estimate of drug-likeness (QED) is 0.601. The van der Waals surface area contributed by atoms with E-state index in [1.54, 1.807) is 12.3 Å². The van der Waals surface area contributed by atoms with Crippen molar-refractivity contribution in [2.45, 2.75) is 91.6 Å². The fraction of sp³-hybridized carbons (Fsp3) is 0.621. The van der Waals surface area contributed by atoms with Gasteiger partial charge < -0.3 is 9.47 Å². The van der Waals surface area contributed by atoms with Gasteiger partial charge in [-0.05, 0) is 61.0 Å². The Morgan fingerprint density at radius 2 is 1.94 bits per heavy atom. The van der Waals surface area contributed by atoms with E-state index >= 15 is 0 Å². The summed E-state index contributed by atoms with van der Waals surface area (Å²) in [6, 6.07) is 5.92. The number of aromatic nitrogens is 2. The molecule has 0 spiro atoms. The van der Waals surface area contributed by atoms with Gasteiger partial charge in [-0.15, -0.1) is 0 Å². The molecule has 0 aromatic carbocycles. The van der Waals surface area contributed by atoms with Crippen LogP contribution < -0.4 is 5.43 Å². The minimum absolute atomic E-state index is 0.0376. The molecule has 2 aliphatic carbocycles. The van der Waals surface area contributed by atoms with E-state index in [1.165, 1.54) is 25.7 Å². The summed E-state index contributed by atoms with van der Waals surface area (Å²) in [5.74, 6) is 0.506. The van der Waals surface area contributed by atoms with Gasteiger partial charge in [0.1, 0.15) is 5.56 Å². The number of nitrogens with zero attached hydrogens (tertiary/aromatic N) is 3. The van der Waals surface area contributed by atoms with Crippen LogP contribution in [0.25, 0.3) is 0 Å². The van der Waals surface area contributed by atoms with Crippen LogP contribution in [0.1, 0.15) is 93.0 Å². The van der Waals surface area contributed by atoms with Crippen molar-refractivity contribution in [3.63, 3.8) is 0 Å². The van der Waals surface area contributed by atoms with E-state index in [2.05, 4.69) is 41.3 Å². The number of hydrogen-bond acceptors (Lipinski definition) is 3. The van der Waals surface area contributed by atoms with E-state index in [4.69, 9.17) is 0 Å². The molecule has 5 nitrogen and oxygen atoms in total. The van der Waals surface area contributed by atoms with Crippen LogP contribution in [0, 0.1) is 23.7 Å². The maximum absolute atomic E-state index is 14.2. The van der Waals surface area contributed by atoms with Crippen LogP contribution in [-0.4, -0.2) is 32.9 Å². The van der Waals surface area contributed by atoms with Gasteiger partial charge >= 0.3 is 0 Å². The maximum Gasteiger partial charge on any atom is 0.259 e. The van der Waals surface area contributed by atoms with Gasteiger partial charge in [0, 0.05) is 49.0 Å². The molecule has 2 aromatic heterocycles. The highest BCUT2D eigenvalue weighted by molar-refractivity contribution is 5.96. The maximum atomic E-state index is 14.2. The number of pyridine rings is 2. The summed E-state index contributed by atoms with van der Waals surface area (Å²) in [6.45, 7) is 10.4. The van der Waals surface area contributed by atoms with E-state index < -0.39 is 0 Å². The average molecular weight is 462 g/mol. The summed E-state index contributed by atoms with van der Waals surface area (Å²) >= 11 is 0. The summed E-state index contributed by atoms with van der Waals surface area (Å²) in [5.41, 5.74) is 3.65. The van der Waals surface area contributed by atoms with E-state index in [-0.39, 0.29) is 28.2 Å². The highest BCUT2D eigenvalue weighted by Gasteiger charge is 2.51. The smallest absolute Gasteiger partial charge is 0.259 e. The van der Waals surface area contributed by atoms with Crippen LogP contribution in [0.4, 0.5) is 0 Å². The molecular weight excluding hydrogens is 422 g/mol. The first-order chi connectivity index (χ1) is 16.1.